The van der Waals surface area contributed by atoms with Gasteiger partial charge in [0.25, 0.3) is 0 Å². The average Bonchev–Trinajstić information content (AvgIpc) is 0.913. The quantitative estimate of drug-likeness (QED) is 0.0145. The van der Waals surface area contributed by atoms with Gasteiger partial charge in [0.1, 0.15) is 39.5 Å². The Bertz CT molecular complexity index is 2100. The summed E-state index contributed by atoms with van der Waals surface area (Å²) in [5, 5.41) is 0. The number of carbonyl (C=O) groups is 4. The van der Waals surface area contributed by atoms with E-state index in [9.17, 15) is 38.1 Å². The minimum atomic E-state index is -4.37. The summed E-state index contributed by atoms with van der Waals surface area (Å²) >= 11 is 0. The second-order valence-corrected chi connectivity index (χ2v) is 34.4. The van der Waals surface area contributed by atoms with Crippen molar-refractivity contribution in [3.63, 3.8) is 0 Å². The highest BCUT2D eigenvalue weighted by Crippen LogP contribution is 2.44. The van der Waals surface area contributed by atoms with E-state index >= 15 is 0 Å². The molecule has 0 bridgehead atoms. The Morgan fingerprint density at radius 3 is 0.712 bits per heavy atom. The molecule has 616 valence electrons. The second kappa shape index (κ2) is 74.6. The van der Waals surface area contributed by atoms with Crippen molar-refractivity contribution in [2.24, 2.45) is 0 Å². The van der Waals surface area contributed by atoms with Crippen molar-refractivity contribution in [2.75, 3.05) is 95.0 Å². The molecule has 20 heteroatoms. The van der Waals surface area contributed by atoms with Crippen LogP contribution in [0.15, 0.2) is 24.3 Å². The van der Waals surface area contributed by atoms with Crippen LogP contribution >= 0.6 is 15.6 Å². The van der Waals surface area contributed by atoms with Gasteiger partial charge in [0.2, 0.25) is 0 Å². The molecule has 0 aromatic heterocycles. The van der Waals surface area contributed by atoms with Crippen LogP contribution in [0.25, 0.3) is 0 Å². The van der Waals surface area contributed by atoms with Crippen molar-refractivity contribution in [1.29, 1.82) is 0 Å². The number of unbranched alkanes of at least 4 members (excludes halogenated alkanes) is 46. The van der Waals surface area contributed by atoms with Crippen molar-refractivity contribution in [1.82, 2.24) is 0 Å². The standard InChI is InChI=1S/C44H84NO8P.C40H80NO8P/c1-6-8-10-12-14-16-18-20-22-24-26-28-30-32-34-36-43(46)50-40-42(41-52-54(48,49)51-39-38-45(3,4)5)53-44(47)37-35-33-31-29-27-25-23-21-19-17-15-13-11-9-7-2;1-6-8-10-12-14-16-18-20-22-24-26-28-30-32-39(42)46-36-38(37-48-50(44,45)47-35-34-41(3,4)5)49-40(43)33-31-29-27-25-23-21-19-17-15-13-11-9-7-2/h20-23,42H,6-19,24-41H2,1-5H3;38H,6-37H2,1-5H3/p+2/b22-20-,23-21-;/t42-;38-/m11/s1. The van der Waals surface area contributed by atoms with Crippen LogP contribution in [-0.4, -0.2) is 150 Å². The molecular weight excluding hydrogens is 1350 g/mol. The van der Waals surface area contributed by atoms with E-state index in [1.807, 2.05) is 42.3 Å². The molecule has 18 nitrogen and oxygen atoms in total. The molecule has 0 aromatic carbocycles. The molecule has 2 unspecified atom stereocenters. The van der Waals surface area contributed by atoms with Gasteiger partial charge in [-0.15, -0.1) is 0 Å². The van der Waals surface area contributed by atoms with Crippen molar-refractivity contribution in [3.8, 4) is 0 Å². The highest BCUT2D eigenvalue weighted by atomic mass is 31.2. The molecule has 0 radical (unpaired) electrons. The molecule has 0 amide bonds. The number of quaternary nitrogens is 2. The lowest BCUT2D eigenvalue weighted by atomic mass is 10.0. The fourth-order valence-corrected chi connectivity index (χ4v) is 13.3. The molecule has 0 saturated carbocycles. The molecule has 4 atom stereocenters. The van der Waals surface area contributed by atoms with Gasteiger partial charge in [0.15, 0.2) is 12.2 Å². The smallest absolute Gasteiger partial charge is 0.462 e. The monoisotopic (exact) mass is 1520 g/mol. The summed E-state index contributed by atoms with van der Waals surface area (Å²) in [7, 11) is 2.96. The Morgan fingerprint density at radius 1 is 0.288 bits per heavy atom. The van der Waals surface area contributed by atoms with Gasteiger partial charge in [-0.25, -0.2) is 9.13 Å². The number of likely N-dealkylation sites (N-methyl/N-ethyl adjacent to an activating group) is 2. The minimum Gasteiger partial charge on any atom is -0.462 e. The van der Waals surface area contributed by atoms with E-state index in [0.717, 1.165) is 109 Å². The first-order chi connectivity index (χ1) is 50.0. The third-order valence-electron chi connectivity index (χ3n) is 18.6. The summed E-state index contributed by atoms with van der Waals surface area (Å²) in [5.41, 5.74) is 0. The minimum absolute atomic E-state index is 0.0299. The molecule has 0 spiro atoms. The molecule has 0 saturated heterocycles. The van der Waals surface area contributed by atoms with E-state index in [1.165, 1.54) is 218 Å². The van der Waals surface area contributed by atoms with Crippen molar-refractivity contribution >= 4 is 39.5 Å². The van der Waals surface area contributed by atoms with E-state index in [1.54, 1.807) is 0 Å². The van der Waals surface area contributed by atoms with Gasteiger partial charge in [0, 0.05) is 25.7 Å². The topological polar surface area (TPSA) is 217 Å². The Labute approximate surface area is 639 Å². The van der Waals surface area contributed by atoms with Crippen LogP contribution in [0.3, 0.4) is 0 Å². The van der Waals surface area contributed by atoms with Gasteiger partial charge >= 0.3 is 39.5 Å². The van der Waals surface area contributed by atoms with Crippen LogP contribution in [0.4, 0.5) is 0 Å². The zero-order valence-electron chi connectivity index (χ0n) is 69.1. The summed E-state index contributed by atoms with van der Waals surface area (Å²) < 4.78 is 68.5. The number of hydrogen-bond donors (Lipinski definition) is 2. The van der Waals surface area contributed by atoms with E-state index in [4.69, 9.17) is 37.0 Å². The van der Waals surface area contributed by atoms with E-state index < -0.39 is 53.0 Å². The van der Waals surface area contributed by atoms with Crippen molar-refractivity contribution in [3.05, 3.63) is 24.3 Å². The number of phosphoric ester groups is 2. The number of allylic oxidation sites excluding steroid dienone is 4. The number of nitrogens with zero attached hydrogens (tertiary/aromatic N) is 2. The van der Waals surface area contributed by atoms with Crippen LogP contribution in [-0.2, 0) is 65.4 Å². The molecule has 0 aliphatic rings. The molecular formula is C84H166N2O16P2+2. The molecule has 2 N–H and O–H groups in total. The van der Waals surface area contributed by atoms with Crippen molar-refractivity contribution in [2.45, 2.75) is 399 Å². The predicted molar refractivity (Wildman–Crippen MR) is 430 cm³/mol. The summed E-state index contributed by atoms with van der Waals surface area (Å²) in [6.45, 7) is 8.84. The van der Waals surface area contributed by atoms with Gasteiger partial charge in [-0.2, -0.15) is 0 Å². The summed E-state index contributed by atoms with van der Waals surface area (Å²) in [5.74, 6) is -1.60. The lowest BCUT2D eigenvalue weighted by molar-refractivity contribution is -0.870. The maximum absolute atomic E-state index is 12.7. The van der Waals surface area contributed by atoms with Crippen LogP contribution in [0.2, 0.25) is 0 Å². The number of ether oxygens (including phenoxy) is 4. The van der Waals surface area contributed by atoms with Gasteiger partial charge in [-0.1, -0.05) is 309 Å². The van der Waals surface area contributed by atoms with E-state index in [-0.39, 0.29) is 57.6 Å². The lowest BCUT2D eigenvalue weighted by Gasteiger charge is -2.24. The fraction of sp³-hybridized carbons (Fsp3) is 0.905. The summed E-state index contributed by atoms with van der Waals surface area (Å²) in [6.07, 6.45) is 70.7. The Hall–Kier alpha value is -2.50. The predicted octanol–water partition coefficient (Wildman–Crippen LogP) is 23.6. The van der Waals surface area contributed by atoms with Gasteiger partial charge in [-0.3, -0.25) is 37.3 Å². The lowest BCUT2D eigenvalue weighted by Crippen LogP contribution is -2.37. The zero-order chi connectivity index (χ0) is 77.2. The first-order valence-corrected chi connectivity index (χ1v) is 45.8. The fourth-order valence-electron chi connectivity index (χ4n) is 11.8. The largest absolute Gasteiger partial charge is 0.472 e. The third-order valence-corrected chi connectivity index (χ3v) is 20.6. The van der Waals surface area contributed by atoms with Crippen LogP contribution < -0.4 is 0 Å². The Kier molecular flexibility index (Phi) is 74.3. The number of carbonyl (C=O) groups excluding carboxylic acids is 4. The molecule has 0 fully saturated rings. The zero-order valence-corrected chi connectivity index (χ0v) is 70.9. The van der Waals surface area contributed by atoms with Crippen LogP contribution in [0.5, 0.6) is 0 Å². The van der Waals surface area contributed by atoms with Gasteiger partial charge in [0.05, 0.1) is 55.5 Å². The highest BCUT2D eigenvalue weighted by molar-refractivity contribution is 7.47. The maximum atomic E-state index is 12.7. The summed E-state index contributed by atoms with van der Waals surface area (Å²) in [6, 6.07) is 0. The van der Waals surface area contributed by atoms with Gasteiger partial charge < -0.3 is 37.7 Å². The first-order valence-electron chi connectivity index (χ1n) is 42.8. The average molecular weight is 1520 g/mol. The van der Waals surface area contributed by atoms with Crippen molar-refractivity contribution < 1.29 is 84.1 Å². The molecule has 0 rings (SSSR count). The Morgan fingerprint density at radius 2 is 0.490 bits per heavy atom. The van der Waals surface area contributed by atoms with Crippen LogP contribution in [0, 0.1) is 0 Å². The molecule has 0 aliphatic heterocycles. The number of hydrogen-bond acceptors (Lipinski definition) is 14. The van der Waals surface area contributed by atoms with Gasteiger partial charge in [-0.05, 0) is 77.0 Å². The Balaban J connectivity index is 0. The van der Waals surface area contributed by atoms with E-state index in [0.29, 0.717) is 34.9 Å². The molecule has 0 aliphatic carbocycles. The SMILES string of the molecule is CCCCCCCC/C=C\CCCCCCCC(=O)OC[C@H](COP(=O)(O)OCC[N+](C)(C)C)OC(=O)CCCCCCC/C=C\CCCCCCCC.CCCCCCCCCCCCCCCC(=O)OC[C@H](COP(=O)(O)OCC[N+](C)(C)C)OC(=O)CCCCCCCCCCCCCCC. The number of esters is 4. The number of phosphoric acid groups is 2. The molecule has 0 aromatic rings. The molecule has 0 heterocycles. The first kappa shape index (κ1) is 104. The maximum Gasteiger partial charge on any atom is 0.472 e. The summed E-state index contributed by atoms with van der Waals surface area (Å²) in [4.78, 5) is 70.6. The third kappa shape index (κ3) is 83.5. The second-order valence-electron chi connectivity index (χ2n) is 31.5. The van der Waals surface area contributed by atoms with Crippen LogP contribution in [0.1, 0.15) is 387 Å². The normalized spacial score (nSPS) is 13.7. The highest BCUT2D eigenvalue weighted by Gasteiger charge is 2.29. The molecule has 104 heavy (non-hydrogen) atoms. The van der Waals surface area contributed by atoms with E-state index in [2.05, 4.69) is 52.0 Å². The number of rotatable bonds is 78.